The fourth-order valence-electron chi connectivity index (χ4n) is 2.51. The van der Waals surface area contributed by atoms with Crippen molar-refractivity contribution in [1.29, 1.82) is 0 Å². The molecular formula is C15H21N3OS2. The predicted octanol–water partition coefficient (Wildman–Crippen LogP) is 3.55. The van der Waals surface area contributed by atoms with Crippen LogP contribution >= 0.6 is 23.1 Å². The van der Waals surface area contributed by atoms with E-state index in [9.17, 15) is 0 Å². The van der Waals surface area contributed by atoms with Crippen LogP contribution < -0.4 is 0 Å². The number of hydrogen-bond donors (Lipinski definition) is 0. The van der Waals surface area contributed by atoms with Gasteiger partial charge in [-0.3, -0.25) is 0 Å². The Hall–Kier alpha value is -0.850. The summed E-state index contributed by atoms with van der Waals surface area (Å²) < 4.78 is 8.02. The number of nitrogens with zero attached hydrogens (tertiary/aromatic N) is 3. The second kappa shape index (κ2) is 7.42. The van der Waals surface area contributed by atoms with E-state index in [1.54, 1.807) is 11.8 Å². The number of hydrogen-bond acceptors (Lipinski definition) is 5. The minimum atomic E-state index is 0.381. The number of rotatable bonds is 6. The van der Waals surface area contributed by atoms with Gasteiger partial charge in [0.15, 0.2) is 5.16 Å². The minimum Gasteiger partial charge on any atom is -0.377 e. The lowest BCUT2D eigenvalue weighted by molar-refractivity contribution is 0.0315. The molecule has 0 saturated carbocycles. The second-order valence-corrected chi connectivity index (χ2v) is 7.33. The molecule has 0 N–H and O–H groups in total. The molecule has 6 heteroatoms. The highest BCUT2D eigenvalue weighted by Crippen LogP contribution is 2.23. The Balaban J connectivity index is 1.57. The molecule has 0 amide bonds. The number of thiophene rings is 1. The Labute approximate surface area is 133 Å². The Morgan fingerprint density at radius 1 is 1.43 bits per heavy atom. The van der Waals surface area contributed by atoms with Gasteiger partial charge in [-0.05, 0) is 44.1 Å². The van der Waals surface area contributed by atoms with Crippen LogP contribution in [0.25, 0.3) is 0 Å². The molecule has 0 aliphatic carbocycles. The van der Waals surface area contributed by atoms with E-state index in [4.69, 9.17) is 4.74 Å². The lowest BCUT2D eigenvalue weighted by Gasteiger charge is -2.21. The summed E-state index contributed by atoms with van der Waals surface area (Å²) in [5, 5.41) is 11.7. The van der Waals surface area contributed by atoms with Crippen molar-refractivity contribution in [2.45, 2.75) is 50.4 Å². The van der Waals surface area contributed by atoms with E-state index in [-0.39, 0.29) is 0 Å². The Morgan fingerprint density at radius 2 is 2.38 bits per heavy atom. The zero-order valence-corrected chi connectivity index (χ0v) is 14.0. The molecule has 0 radical (unpaired) electrons. The van der Waals surface area contributed by atoms with Crippen LogP contribution in [-0.4, -0.2) is 33.2 Å². The largest absolute Gasteiger partial charge is 0.377 e. The molecular weight excluding hydrogens is 302 g/mol. The first kappa shape index (κ1) is 15.1. The standard InChI is InChI=1S/C15H21N3OS2/c1-12-16-17-15(21-11-13-5-2-3-9-19-13)18(12)8-7-14-6-4-10-20-14/h4,6,10,13H,2-3,5,7-9,11H2,1H3/t13-/m0/s1. The first-order valence-corrected chi connectivity index (χ1v) is 9.36. The second-order valence-electron chi connectivity index (χ2n) is 5.31. The van der Waals surface area contributed by atoms with E-state index in [0.717, 1.165) is 36.3 Å². The Kier molecular flexibility index (Phi) is 5.32. The van der Waals surface area contributed by atoms with E-state index in [1.807, 2.05) is 18.3 Å². The Morgan fingerprint density at radius 3 is 3.14 bits per heavy atom. The molecule has 1 atom stereocenters. The van der Waals surface area contributed by atoms with Crippen molar-refractivity contribution in [2.75, 3.05) is 12.4 Å². The highest BCUT2D eigenvalue weighted by atomic mass is 32.2. The summed E-state index contributed by atoms with van der Waals surface area (Å²) in [5.74, 6) is 1.98. The maximum absolute atomic E-state index is 5.79. The summed E-state index contributed by atoms with van der Waals surface area (Å²) in [6.07, 6.45) is 5.10. The molecule has 21 heavy (non-hydrogen) atoms. The van der Waals surface area contributed by atoms with E-state index in [2.05, 4.69) is 32.3 Å². The van der Waals surface area contributed by atoms with Crippen LogP contribution in [0.2, 0.25) is 0 Å². The van der Waals surface area contributed by atoms with Gasteiger partial charge < -0.3 is 9.30 Å². The summed E-state index contributed by atoms with van der Waals surface area (Å²) in [7, 11) is 0. The third-order valence-electron chi connectivity index (χ3n) is 3.74. The lowest BCUT2D eigenvalue weighted by atomic mass is 10.1. The molecule has 1 aliphatic rings. The molecule has 0 bridgehead atoms. The van der Waals surface area contributed by atoms with E-state index in [0.29, 0.717) is 6.10 Å². The van der Waals surface area contributed by atoms with Crippen LogP contribution in [0.15, 0.2) is 22.7 Å². The monoisotopic (exact) mass is 323 g/mol. The van der Waals surface area contributed by atoms with Crippen molar-refractivity contribution in [1.82, 2.24) is 14.8 Å². The number of thioether (sulfide) groups is 1. The van der Waals surface area contributed by atoms with Gasteiger partial charge in [0.1, 0.15) is 5.82 Å². The van der Waals surface area contributed by atoms with Crippen LogP contribution in [0, 0.1) is 6.92 Å². The van der Waals surface area contributed by atoms with Crippen LogP contribution in [0.5, 0.6) is 0 Å². The molecule has 3 rings (SSSR count). The average molecular weight is 323 g/mol. The third-order valence-corrected chi connectivity index (χ3v) is 5.77. The maximum atomic E-state index is 5.79. The summed E-state index contributed by atoms with van der Waals surface area (Å²) in [5.41, 5.74) is 0. The Bertz CT molecular complexity index is 547. The highest BCUT2D eigenvalue weighted by Gasteiger charge is 2.16. The number of ether oxygens (including phenoxy) is 1. The first-order chi connectivity index (χ1) is 10.3. The number of aryl methyl sites for hydroxylation is 2. The molecule has 114 valence electrons. The zero-order valence-electron chi connectivity index (χ0n) is 12.3. The summed E-state index contributed by atoms with van der Waals surface area (Å²) in [6.45, 7) is 3.89. The van der Waals surface area contributed by atoms with Gasteiger partial charge in [0.25, 0.3) is 0 Å². The topological polar surface area (TPSA) is 39.9 Å². The van der Waals surface area contributed by atoms with Crippen molar-refractivity contribution >= 4 is 23.1 Å². The molecule has 2 aromatic heterocycles. The molecule has 1 aliphatic heterocycles. The molecule has 0 aromatic carbocycles. The summed E-state index contributed by atoms with van der Waals surface area (Å²) in [6, 6.07) is 4.29. The van der Waals surface area contributed by atoms with Gasteiger partial charge >= 0.3 is 0 Å². The van der Waals surface area contributed by atoms with Gasteiger partial charge in [-0.1, -0.05) is 17.8 Å². The molecule has 1 saturated heterocycles. The van der Waals surface area contributed by atoms with Crippen LogP contribution in [0.1, 0.15) is 30.0 Å². The van der Waals surface area contributed by atoms with Gasteiger partial charge in [0.05, 0.1) is 6.10 Å². The average Bonchev–Trinajstić information content (AvgIpc) is 3.14. The molecule has 4 nitrogen and oxygen atoms in total. The quantitative estimate of drug-likeness (QED) is 0.762. The maximum Gasteiger partial charge on any atom is 0.191 e. The highest BCUT2D eigenvalue weighted by molar-refractivity contribution is 7.99. The van der Waals surface area contributed by atoms with Crippen LogP contribution in [0.4, 0.5) is 0 Å². The summed E-state index contributed by atoms with van der Waals surface area (Å²) >= 11 is 3.59. The smallest absolute Gasteiger partial charge is 0.191 e. The van der Waals surface area contributed by atoms with Gasteiger partial charge in [0, 0.05) is 23.8 Å². The first-order valence-electron chi connectivity index (χ1n) is 7.49. The minimum absolute atomic E-state index is 0.381. The molecule has 1 fully saturated rings. The zero-order chi connectivity index (χ0) is 14.5. The van der Waals surface area contributed by atoms with E-state index >= 15 is 0 Å². The normalized spacial score (nSPS) is 19.0. The third kappa shape index (κ3) is 4.08. The van der Waals surface area contributed by atoms with Crippen molar-refractivity contribution in [3.05, 3.63) is 28.2 Å². The fourth-order valence-corrected chi connectivity index (χ4v) is 4.28. The molecule has 3 heterocycles. The van der Waals surface area contributed by atoms with E-state index < -0.39 is 0 Å². The predicted molar refractivity (Wildman–Crippen MR) is 87.1 cm³/mol. The van der Waals surface area contributed by atoms with Crippen LogP contribution in [-0.2, 0) is 17.7 Å². The van der Waals surface area contributed by atoms with Crippen LogP contribution in [0.3, 0.4) is 0 Å². The number of aromatic nitrogens is 3. The van der Waals surface area contributed by atoms with E-state index in [1.165, 1.54) is 24.1 Å². The van der Waals surface area contributed by atoms with Crippen molar-refractivity contribution in [3.8, 4) is 0 Å². The van der Waals surface area contributed by atoms with Gasteiger partial charge in [-0.25, -0.2) is 0 Å². The fraction of sp³-hybridized carbons (Fsp3) is 0.600. The van der Waals surface area contributed by atoms with Crippen molar-refractivity contribution in [2.24, 2.45) is 0 Å². The molecule has 2 aromatic rings. The van der Waals surface area contributed by atoms with Gasteiger partial charge in [-0.15, -0.1) is 21.5 Å². The SMILES string of the molecule is Cc1nnc(SC[C@@H]2CCCCO2)n1CCc1cccs1. The van der Waals surface area contributed by atoms with Gasteiger partial charge in [-0.2, -0.15) is 0 Å². The van der Waals surface area contributed by atoms with Crippen molar-refractivity contribution < 1.29 is 4.74 Å². The summed E-state index contributed by atoms with van der Waals surface area (Å²) in [4.78, 5) is 1.41. The van der Waals surface area contributed by atoms with Crippen molar-refractivity contribution in [3.63, 3.8) is 0 Å². The molecule has 0 spiro atoms. The molecule has 0 unspecified atom stereocenters. The van der Waals surface area contributed by atoms with Gasteiger partial charge in [0.2, 0.25) is 0 Å². The lowest BCUT2D eigenvalue weighted by Crippen LogP contribution is -2.21.